The van der Waals surface area contributed by atoms with E-state index in [9.17, 15) is 9.65 Å². The Balaban J connectivity index is 0.00000363. The van der Waals surface area contributed by atoms with Crippen LogP contribution in [-0.2, 0) is 12.8 Å². The van der Waals surface area contributed by atoms with Gasteiger partial charge in [0.1, 0.15) is 29.0 Å². The number of hydrogen-bond acceptors (Lipinski definition) is 5. The van der Waals surface area contributed by atoms with Crippen LogP contribution in [0.5, 0.6) is 0 Å². The molecule has 0 atom stereocenters. The Labute approximate surface area is 203 Å². The second-order valence-corrected chi connectivity index (χ2v) is 6.83. The van der Waals surface area contributed by atoms with Gasteiger partial charge >= 0.3 is 0 Å². The Bertz CT molecular complexity index is 1040. The van der Waals surface area contributed by atoms with Gasteiger partial charge in [-0.3, -0.25) is 4.99 Å². The number of furan rings is 1. The van der Waals surface area contributed by atoms with E-state index in [0.29, 0.717) is 42.9 Å². The summed E-state index contributed by atoms with van der Waals surface area (Å²) in [6.45, 7) is 4.03. The molecule has 0 saturated heterocycles. The van der Waals surface area contributed by atoms with Gasteiger partial charge in [0.25, 0.3) is 0 Å². The van der Waals surface area contributed by atoms with Gasteiger partial charge in [0.2, 0.25) is 0 Å². The van der Waals surface area contributed by atoms with Gasteiger partial charge in [0.15, 0.2) is 5.96 Å². The van der Waals surface area contributed by atoms with Crippen LogP contribution in [-0.4, -0.2) is 35.4 Å². The molecule has 2 heterocycles. The van der Waals surface area contributed by atoms with E-state index in [1.165, 1.54) is 16.8 Å². The molecule has 0 unspecified atom stereocenters. The monoisotopic (exact) mass is 551 g/mol. The van der Waals surface area contributed by atoms with Crippen LogP contribution < -0.4 is 16.4 Å². The molecular weight excluding hydrogens is 524 g/mol. The molecule has 0 radical (unpaired) electrons. The summed E-state index contributed by atoms with van der Waals surface area (Å²) in [5.74, 6) is 1.55. The van der Waals surface area contributed by atoms with Crippen LogP contribution in [0.15, 0.2) is 52.1 Å². The molecule has 1 aromatic carbocycles. The molecule has 0 aliphatic rings. The van der Waals surface area contributed by atoms with Crippen molar-refractivity contribution in [2.45, 2.75) is 26.2 Å². The lowest BCUT2D eigenvalue weighted by molar-refractivity contribution is 0.507. The number of guanidine groups is 1. The van der Waals surface area contributed by atoms with E-state index in [0.717, 1.165) is 24.7 Å². The van der Waals surface area contributed by atoms with E-state index in [1.807, 2.05) is 19.1 Å². The first-order valence-corrected chi connectivity index (χ1v) is 10.2. The molecule has 10 heteroatoms. The highest BCUT2D eigenvalue weighted by Crippen LogP contribution is 2.21. The first-order chi connectivity index (χ1) is 15.1. The molecule has 0 fully saturated rings. The number of anilines is 1. The molecule has 0 bridgehead atoms. The van der Waals surface area contributed by atoms with Crippen LogP contribution in [0.3, 0.4) is 0 Å². The predicted octanol–water partition coefficient (Wildman–Crippen LogP) is 3.41. The number of rotatable bonds is 9. The number of aliphatic imine (C=N–C) groups is 1. The van der Waals surface area contributed by atoms with Gasteiger partial charge in [-0.15, -0.1) is 24.0 Å². The molecule has 2 aromatic heterocycles. The Morgan fingerprint density at radius 2 is 2.03 bits per heavy atom. The quantitative estimate of drug-likeness (QED) is 0.163. The SMILES string of the molecule is CCNC(=NCCCc1nn(-c2ccc(F)cc2)c(N)c1C#N)NCCc1ccco1.I. The maximum atomic E-state index is 13.2. The number of nitrogens with one attached hydrogen (secondary N) is 2. The van der Waals surface area contributed by atoms with Crippen LogP contribution in [0.4, 0.5) is 10.2 Å². The van der Waals surface area contributed by atoms with E-state index < -0.39 is 0 Å². The maximum absolute atomic E-state index is 13.2. The number of nitrogen functional groups attached to an aromatic ring is 1. The third-order valence-electron chi connectivity index (χ3n) is 4.61. The topological polar surface area (TPSA) is 117 Å². The largest absolute Gasteiger partial charge is 0.469 e. The molecule has 32 heavy (non-hydrogen) atoms. The van der Waals surface area contributed by atoms with Crippen molar-refractivity contribution in [3.05, 3.63) is 65.5 Å². The Kier molecular flexibility index (Phi) is 10.0. The fourth-order valence-corrected chi connectivity index (χ4v) is 3.09. The van der Waals surface area contributed by atoms with E-state index in [-0.39, 0.29) is 35.6 Å². The zero-order chi connectivity index (χ0) is 22.1. The molecule has 170 valence electrons. The number of hydrogen-bond donors (Lipinski definition) is 3. The molecule has 8 nitrogen and oxygen atoms in total. The highest BCUT2D eigenvalue weighted by molar-refractivity contribution is 14.0. The lowest BCUT2D eigenvalue weighted by Gasteiger charge is -2.10. The summed E-state index contributed by atoms with van der Waals surface area (Å²) >= 11 is 0. The maximum Gasteiger partial charge on any atom is 0.191 e. The summed E-state index contributed by atoms with van der Waals surface area (Å²) in [6.07, 6.45) is 3.68. The zero-order valence-electron chi connectivity index (χ0n) is 17.8. The van der Waals surface area contributed by atoms with Crippen LogP contribution >= 0.6 is 24.0 Å². The Morgan fingerprint density at radius 1 is 1.25 bits per heavy atom. The van der Waals surface area contributed by atoms with E-state index in [4.69, 9.17) is 10.2 Å². The Hall–Kier alpha value is -3.07. The van der Waals surface area contributed by atoms with Gasteiger partial charge < -0.3 is 20.8 Å². The van der Waals surface area contributed by atoms with Crippen molar-refractivity contribution in [3.63, 3.8) is 0 Å². The van der Waals surface area contributed by atoms with Gasteiger partial charge in [-0.2, -0.15) is 10.4 Å². The molecular formula is C22H27FIN7O. The number of aromatic nitrogens is 2. The van der Waals surface area contributed by atoms with Crippen LogP contribution in [0, 0.1) is 17.1 Å². The van der Waals surface area contributed by atoms with Crippen molar-refractivity contribution >= 4 is 35.8 Å². The van der Waals surface area contributed by atoms with Crippen molar-refractivity contribution in [1.29, 1.82) is 5.26 Å². The van der Waals surface area contributed by atoms with Crippen molar-refractivity contribution in [1.82, 2.24) is 20.4 Å². The normalized spacial score (nSPS) is 11.0. The molecule has 0 aliphatic carbocycles. The lowest BCUT2D eigenvalue weighted by atomic mass is 10.1. The molecule has 0 aliphatic heterocycles. The summed E-state index contributed by atoms with van der Waals surface area (Å²) in [7, 11) is 0. The molecule has 3 aromatic rings. The minimum absolute atomic E-state index is 0. The average molecular weight is 551 g/mol. The van der Waals surface area contributed by atoms with Crippen LogP contribution in [0.25, 0.3) is 5.69 Å². The van der Waals surface area contributed by atoms with Crippen molar-refractivity contribution in [2.75, 3.05) is 25.4 Å². The van der Waals surface area contributed by atoms with Gasteiger partial charge in [0, 0.05) is 26.1 Å². The van der Waals surface area contributed by atoms with E-state index >= 15 is 0 Å². The molecule has 4 N–H and O–H groups in total. The number of nitriles is 1. The van der Waals surface area contributed by atoms with Crippen molar-refractivity contribution in [2.24, 2.45) is 4.99 Å². The van der Waals surface area contributed by atoms with Crippen molar-refractivity contribution < 1.29 is 8.81 Å². The number of halogens is 2. The summed E-state index contributed by atoms with van der Waals surface area (Å²) < 4.78 is 20.0. The Morgan fingerprint density at radius 3 is 2.69 bits per heavy atom. The van der Waals surface area contributed by atoms with Gasteiger partial charge in [-0.25, -0.2) is 9.07 Å². The fourth-order valence-electron chi connectivity index (χ4n) is 3.09. The number of benzene rings is 1. The van der Waals surface area contributed by atoms with Crippen molar-refractivity contribution in [3.8, 4) is 11.8 Å². The lowest BCUT2D eigenvalue weighted by Crippen LogP contribution is -2.38. The third-order valence-corrected chi connectivity index (χ3v) is 4.61. The second-order valence-electron chi connectivity index (χ2n) is 6.83. The average Bonchev–Trinajstić information content (AvgIpc) is 3.39. The second kappa shape index (κ2) is 12.7. The van der Waals surface area contributed by atoms with E-state index in [1.54, 1.807) is 18.4 Å². The standard InChI is InChI=1S/C22H26FN7O.HI/c1-2-26-22(28-13-11-18-5-4-14-31-18)27-12-3-6-20-19(15-24)21(25)30(29-20)17-9-7-16(23)8-10-17;/h4-5,7-10,14H,2-3,6,11-13,25H2,1H3,(H2,26,27,28);1H. The van der Waals surface area contributed by atoms with Crippen LogP contribution in [0.1, 0.15) is 30.4 Å². The van der Waals surface area contributed by atoms with Gasteiger partial charge in [-0.1, -0.05) is 0 Å². The van der Waals surface area contributed by atoms with Crippen LogP contribution in [0.2, 0.25) is 0 Å². The minimum atomic E-state index is -0.345. The predicted molar refractivity (Wildman–Crippen MR) is 133 cm³/mol. The first-order valence-electron chi connectivity index (χ1n) is 10.2. The highest BCUT2D eigenvalue weighted by Gasteiger charge is 2.16. The summed E-state index contributed by atoms with van der Waals surface area (Å²) in [5, 5.41) is 20.4. The number of nitrogens with two attached hydrogens (primary N) is 1. The van der Waals surface area contributed by atoms with E-state index in [2.05, 4.69) is 26.8 Å². The zero-order valence-corrected chi connectivity index (χ0v) is 20.2. The number of nitrogens with zero attached hydrogens (tertiary/aromatic N) is 4. The fraction of sp³-hybridized carbons (Fsp3) is 0.318. The molecule has 0 amide bonds. The summed E-state index contributed by atoms with van der Waals surface area (Å²) in [5.41, 5.74) is 7.66. The van der Waals surface area contributed by atoms with Gasteiger partial charge in [0.05, 0.1) is 17.6 Å². The smallest absolute Gasteiger partial charge is 0.191 e. The van der Waals surface area contributed by atoms with Gasteiger partial charge in [-0.05, 0) is 56.2 Å². The summed E-state index contributed by atoms with van der Waals surface area (Å²) in [4.78, 5) is 4.57. The molecule has 3 rings (SSSR count). The summed E-state index contributed by atoms with van der Waals surface area (Å²) in [6, 6.07) is 11.7. The molecule has 0 saturated carbocycles. The minimum Gasteiger partial charge on any atom is -0.469 e. The third kappa shape index (κ3) is 6.71. The highest BCUT2D eigenvalue weighted by atomic mass is 127. The first kappa shape index (κ1) is 25.2. The molecule has 0 spiro atoms. The number of aryl methyl sites for hydroxylation is 1.